The van der Waals surface area contributed by atoms with Crippen molar-refractivity contribution in [1.29, 1.82) is 0 Å². The van der Waals surface area contributed by atoms with Crippen molar-refractivity contribution in [3.8, 4) is 0 Å². The normalized spacial score (nSPS) is 3.20. The SMILES string of the molecule is O=[SH-]=O.[PoH].[PoH]. The van der Waals surface area contributed by atoms with Gasteiger partial charge in [-0.3, -0.25) is 0 Å². The first-order valence-electron chi connectivity index (χ1n) is 0.365. The van der Waals surface area contributed by atoms with Crippen LogP contribution in [0.1, 0.15) is 0 Å². The Balaban J connectivity index is -0.0000000200. The maximum absolute atomic E-state index is 8.35. The van der Waals surface area contributed by atoms with Crippen LogP contribution >= 0.6 is 0 Å². The van der Waals surface area contributed by atoms with Crippen LogP contribution in [-0.4, -0.2) is 53.1 Å². The summed E-state index contributed by atoms with van der Waals surface area (Å²) < 4.78 is 16.7. The Kier molecular flexibility index (Phi) is 54.5. The molecule has 0 bridgehead atoms. The first-order valence-corrected chi connectivity index (χ1v) is 1.10. The van der Waals surface area contributed by atoms with Crippen molar-refractivity contribution in [3.05, 3.63) is 0 Å². The van der Waals surface area contributed by atoms with Gasteiger partial charge < -0.3 is 8.42 Å². The van der Waals surface area contributed by atoms with Crippen molar-refractivity contribution in [2.75, 3.05) is 0 Å². The van der Waals surface area contributed by atoms with E-state index in [0.29, 0.717) is 0 Å². The summed E-state index contributed by atoms with van der Waals surface area (Å²) in [5, 5.41) is 0. The molecule has 0 atom stereocenters. The van der Waals surface area contributed by atoms with Crippen LogP contribution in [0.4, 0.5) is 0 Å². The van der Waals surface area contributed by atoms with Crippen molar-refractivity contribution in [2.45, 2.75) is 0 Å². The third kappa shape index (κ3) is 26.5. The van der Waals surface area contributed by atoms with Gasteiger partial charge in [-0.25, -0.2) is 0 Å². The molecule has 5 heavy (non-hydrogen) atoms. The second-order valence-electron chi connectivity index (χ2n) is 0.0745. The molecule has 0 rings (SSSR count). The zero-order valence-corrected chi connectivity index (χ0v) is 10.0. The molecule has 0 saturated heterocycles. The van der Waals surface area contributed by atoms with Gasteiger partial charge in [0, 0.05) is 0 Å². The Morgan fingerprint density at radius 3 is 1.00 bits per heavy atom. The maximum atomic E-state index is 8.35. The third-order valence-corrected chi connectivity index (χ3v) is 0. The Hall–Kier alpha value is 1.74. The standard InChI is InChI=1S/HO2S.2Po.2H/c1-3-2;;;;/h3H;;;;/q-1;;;;. The van der Waals surface area contributed by atoms with Crippen molar-refractivity contribution >= 4 is 64.7 Å². The molecule has 0 aromatic carbocycles. The molecule has 0 spiro atoms. The molecule has 0 unspecified atom stereocenters. The average Bonchev–Trinajstić information content (AvgIpc) is 0.918. The summed E-state index contributed by atoms with van der Waals surface area (Å²) in [7, 11) is 0. The van der Waals surface area contributed by atoms with Crippen molar-refractivity contribution < 1.29 is 8.42 Å². The summed E-state index contributed by atoms with van der Waals surface area (Å²) in [4.78, 5) is 0. The van der Waals surface area contributed by atoms with E-state index in [2.05, 4.69) is 0 Å². The average molecular weight is 485 g/mol. The Morgan fingerprint density at radius 1 is 1.00 bits per heavy atom. The van der Waals surface area contributed by atoms with Crippen molar-refractivity contribution in [2.24, 2.45) is 0 Å². The molecule has 0 amide bonds. The second kappa shape index (κ2) is 17.2. The molecule has 5 heteroatoms. The van der Waals surface area contributed by atoms with E-state index >= 15 is 0 Å². The van der Waals surface area contributed by atoms with Gasteiger partial charge in [-0.05, 0) is 0 Å². The van der Waals surface area contributed by atoms with Gasteiger partial charge in [-0.15, -0.1) is 0 Å². The fourth-order valence-electron chi connectivity index (χ4n) is 0. The molecule has 2 nitrogen and oxygen atoms in total. The Labute approximate surface area is 72.2 Å². The van der Waals surface area contributed by atoms with E-state index in [1.165, 1.54) is 0 Å². The molecule has 0 aliphatic rings. The van der Waals surface area contributed by atoms with Gasteiger partial charge in [0.2, 0.25) is 0 Å². The molecule has 0 fully saturated rings. The Bertz CT molecular complexity index is 28.6. The van der Waals surface area contributed by atoms with E-state index < -0.39 is 11.6 Å². The summed E-state index contributed by atoms with van der Waals surface area (Å²) in [5.74, 6) is 0. The van der Waals surface area contributed by atoms with Gasteiger partial charge in [0.05, 0.1) is 0 Å². The quantitative estimate of drug-likeness (QED) is 0.300. The van der Waals surface area contributed by atoms with E-state index in [1.807, 2.05) is 0 Å². The summed E-state index contributed by atoms with van der Waals surface area (Å²) in [5.41, 5.74) is 0. The van der Waals surface area contributed by atoms with E-state index in [-0.39, 0.29) is 53.1 Å². The summed E-state index contributed by atoms with van der Waals surface area (Å²) in [6.07, 6.45) is 0. The molecule has 0 N–H and O–H groups in total. The Morgan fingerprint density at radius 2 is 1.00 bits per heavy atom. The first kappa shape index (κ1) is 15.9. The van der Waals surface area contributed by atoms with Crippen LogP contribution in [0, 0.1) is 0 Å². The minimum atomic E-state index is -1.08. The van der Waals surface area contributed by atoms with Gasteiger partial charge >= 0.3 is 53.1 Å². The predicted octanol–water partition coefficient (Wildman–Crippen LogP) is -1.80. The topological polar surface area (TPSA) is 34.1 Å². The van der Waals surface area contributed by atoms with Crippen LogP contribution in [0.15, 0.2) is 0 Å². The number of hydrogen-bond acceptors (Lipinski definition) is 3. The minimum absolute atomic E-state index is 0. The van der Waals surface area contributed by atoms with Gasteiger partial charge in [0.15, 0.2) is 0 Å². The molecule has 34 valence electrons. The van der Waals surface area contributed by atoms with Crippen LogP contribution in [0.3, 0.4) is 0 Å². The second-order valence-corrected chi connectivity index (χ2v) is 0.224. The summed E-state index contributed by atoms with van der Waals surface area (Å²) in [6, 6.07) is 0. The van der Waals surface area contributed by atoms with Crippen LogP contribution < -0.4 is 0 Å². The van der Waals surface area contributed by atoms with Crippen LogP contribution in [-0.2, 0) is 20.0 Å². The van der Waals surface area contributed by atoms with E-state index in [9.17, 15) is 0 Å². The van der Waals surface area contributed by atoms with Gasteiger partial charge in [0.25, 0.3) is 0 Å². The van der Waals surface area contributed by atoms with Gasteiger partial charge in [0.1, 0.15) is 0 Å². The molecule has 0 aromatic heterocycles. The van der Waals surface area contributed by atoms with E-state index in [0.717, 1.165) is 0 Å². The number of hydrogen-bond donors (Lipinski definition) is 0. The van der Waals surface area contributed by atoms with Crippen LogP contribution in [0.25, 0.3) is 0 Å². The van der Waals surface area contributed by atoms with Crippen molar-refractivity contribution in [3.63, 3.8) is 0 Å². The molecule has 0 aliphatic heterocycles. The van der Waals surface area contributed by atoms with Crippen LogP contribution in [0.2, 0.25) is 0 Å². The number of rotatable bonds is 0. The third-order valence-electron chi connectivity index (χ3n) is 0. The molecule has 0 saturated carbocycles. The molecule has 0 heterocycles. The molecular formula is H3O2Po2S-. The van der Waals surface area contributed by atoms with E-state index in [4.69, 9.17) is 8.42 Å². The molecule has 0 aliphatic carbocycles. The summed E-state index contributed by atoms with van der Waals surface area (Å²) >= 11 is -1.08. The van der Waals surface area contributed by atoms with Gasteiger partial charge in [-0.1, -0.05) is 11.6 Å². The fraction of sp³-hybridized carbons (Fsp3) is 0. The van der Waals surface area contributed by atoms with Gasteiger partial charge in [-0.2, -0.15) is 0 Å². The predicted molar refractivity (Wildman–Crippen MR) is 24.4 cm³/mol. The summed E-state index contributed by atoms with van der Waals surface area (Å²) in [6.45, 7) is 0. The zero-order valence-electron chi connectivity index (χ0n) is 2.16. The molecule has 2 radical (unpaired) electrons. The van der Waals surface area contributed by atoms with E-state index in [1.54, 1.807) is 0 Å². The molecular weight excluding hydrogens is 482 g/mol. The molecule has 0 aromatic rings. The first-order chi connectivity index (χ1) is 1.41. The fourth-order valence-corrected chi connectivity index (χ4v) is 0. The van der Waals surface area contributed by atoms with Crippen molar-refractivity contribution in [1.82, 2.24) is 0 Å². The zero-order chi connectivity index (χ0) is 2.71. The monoisotopic (exact) mass is 485 g/mol. The van der Waals surface area contributed by atoms with Crippen LogP contribution in [0.5, 0.6) is 0 Å². The number of thiol groups is 1.